The number of hydrogen-bond acceptors (Lipinski definition) is 10. The van der Waals surface area contributed by atoms with Gasteiger partial charge in [0.15, 0.2) is 11.4 Å². The van der Waals surface area contributed by atoms with Gasteiger partial charge in [0.1, 0.15) is 28.5 Å². The predicted octanol–water partition coefficient (Wildman–Crippen LogP) is 3.93. The van der Waals surface area contributed by atoms with Gasteiger partial charge in [-0.2, -0.15) is 0 Å². The van der Waals surface area contributed by atoms with E-state index in [1.54, 1.807) is 65.8 Å². The maximum Gasteiger partial charge on any atom is 0.419 e. The lowest BCUT2D eigenvalue weighted by Gasteiger charge is -2.19. The van der Waals surface area contributed by atoms with Gasteiger partial charge in [0, 0.05) is 42.7 Å². The Morgan fingerprint density at radius 1 is 0.860 bits per heavy atom. The molecule has 3 heterocycles. The number of carbonyl (C=O) groups is 5. The van der Waals surface area contributed by atoms with Gasteiger partial charge in [0.05, 0.1) is 5.52 Å². The van der Waals surface area contributed by atoms with E-state index in [0.29, 0.717) is 35.9 Å². The van der Waals surface area contributed by atoms with Gasteiger partial charge in [-0.15, -0.1) is 0 Å². The van der Waals surface area contributed by atoms with Crippen LogP contribution in [0.5, 0.6) is 5.75 Å². The van der Waals surface area contributed by atoms with Gasteiger partial charge in [-0.25, -0.2) is 14.6 Å². The van der Waals surface area contributed by atoms with Gasteiger partial charge in [-0.05, 0) is 78.1 Å². The van der Waals surface area contributed by atoms with Crippen LogP contribution in [0.4, 0.5) is 9.59 Å². The van der Waals surface area contributed by atoms with Crippen molar-refractivity contribution in [1.29, 1.82) is 0 Å². The molecule has 0 bridgehead atoms. The van der Waals surface area contributed by atoms with Gasteiger partial charge in [-0.3, -0.25) is 23.9 Å². The van der Waals surface area contributed by atoms with Crippen molar-refractivity contribution in [2.24, 2.45) is 5.73 Å². The molecule has 15 nitrogen and oxygen atoms in total. The molecule has 6 N–H and O–H groups in total. The normalized spacial score (nSPS) is 12.3. The number of nitrogens with two attached hydrogens (primary N) is 1. The van der Waals surface area contributed by atoms with E-state index in [0.717, 1.165) is 0 Å². The van der Waals surface area contributed by atoms with E-state index in [4.69, 9.17) is 15.2 Å². The molecular formula is C35H43N7O8. The minimum absolute atomic E-state index is 0.0459. The first-order chi connectivity index (χ1) is 23.4. The van der Waals surface area contributed by atoms with Crippen molar-refractivity contribution in [3.8, 4) is 5.75 Å². The Morgan fingerprint density at radius 2 is 1.50 bits per heavy atom. The van der Waals surface area contributed by atoms with Crippen LogP contribution in [0.1, 0.15) is 80.9 Å². The standard InChI is InChI=1S/C35H43N7O8/c1-34(2,3)49-32(47)39-16-10-9-15-38-30(45)27-28(43)25-22(13-11-17-37-25)26(41-27)31(46)40-23(29(36)44)18-20-19-42(33(48)50-35(4,5)6)24-14-8-7-12-21(20)24/h7-8,11-14,17,19,23,43H,9-10,15-16,18H2,1-6H3,(H2,36,44)(H,38,45)(H,39,47)(H,40,46)/t23-/m0/s1. The Hall–Kier alpha value is -5.73. The van der Waals surface area contributed by atoms with E-state index in [9.17, 15) is 29.1 Å². The number of carbonyl (C=O) groups excluding carboxylic acids is 5. The molecule has 0 saturated carbocycles. The summed E-state index contributed by atoms with van der Waals surface area (Å²) in [5.41, 5.74) is 4.69. The molecule has 4 rings (SSSR count). The molecule has 0 spiro atoms. The summed E-state index contributed by atoms with van der Waals surface area (Å²) in [5.74, 6) is -2.98. The lowest BCUT2D eigenvalue weighted by molar-refractivity contribution is -0.119. The summed E-state index contributed by atoms with van der Waals surface area (Å²) >= 11 is 0. The number of fused-ring (bicyclic) bond motifs is 2. The van der Waals surface area contributed by atoms with Crippen molar-refractivity contribution in [3.05, 3.63) is 65.7 Å². The number of benzene rings is 1. The first-order valence-corrected chi connectivity index (χ1v) is 16.1. The van der Waals surface area contributed by atoms with Crippen molar-refractivity contribution >= 4 is 51.7 Å². The minimum atomic E-state index is -1.26. The SMILES string of the molecule is CC(C)(C)OC(=O)NCCCCNC(=O)c1nc(C(=O)N[C@@H](Cc2cn(C(=O)OC(C)(C)C)c3ccccc23)C(N)=O)c2cccnc2c1O. The molecule has 3 aromatic heterocycles. The fourth-order valence-electron chi connectivity index (χ4n) is 5.04. The zero-order valence-electron chi connectivity index (χ0n) is 29.0. The highest BCUT2D eigenvalue weighted by Crippen LogP contribution is 2.28. The van der Waals surface area contributed by atoms with Crippen LogP contribution < -0.4 is 21.7 Å². The molecule has 50 heavy (non-hydrogen) atoms. The number of hydrogen-bond donors (Lipinski definition) is 5. The minimum Gasteiger partial charge on any atom is -0.504 e. The second-order valence-electron chi connectivity index (χ2n) is 13.6. The summed E-state index contributed by atoms with van der Waals surface area (Å²) in [7, 11) is 0. The van der Waals surface area contributed by atoms with Crippen LogP contribution in [0.2, 0.25) is 0 Å². The summed E-state index contributed by atoms with van der Waals surface area (Å²) in [6.07, 6.45) is 2.68. The number of primary amides is 1. The molecule has 4 amide bonds. The molecule has 0 radical (unpaired) electrons. The number of aromatic nitrogens is 3. The van der Waals surface area contributed by atoms with Crippen molar-refractivity contribution in [2.45, 2.75) is 78.0 Å². The van der Waals surface area contributed by atoms with E-state index in [1.807, 2.05) is 0 Å². The second-order valence-corrected chi connectivity index (χ2v) is 13.6. The van der Waals surface area contributed by atoms with Crippen LogP contribution >= 0.6 is 0 Å². The van der Waals surface area contributed by atoms with Crippen LogP contribution in [0.15, 0.2) is 48.8 Å². The maximum atomic E-state index is 13.7. The van der Waals surface area contributed by atoms with Gasteiger partial charge in [0.2, 0.25) is 5.91 Å². The number of nitrogens with zero attached hydrogens (tertiary/aromatic N) is 3. The molecule has 0 aliphatic rings. The zero-order valence-corrected chi connectivity index (χ0v) is 29.0. The van der Waals surface area contributed by atoms with E-state index >= 15 is 0 Å². The second kappa shape index (κ2) is 15.2. The number of para-hydroxylation sites is 1. The van der Waals surface area contributed by atoms with E-state index in [-0.39, 0.29) is 29.6 Å². The summed E-state index contributed by atoms with van der Waals surface area (Å²) in [5, 5.41) is 19.6. The van der Waals surface area contributed by atoms with Crippen molar-refractivity contribution < 1.29 is 38.6 Å². The number of ether oxygens (including phenoxy) is 2. The van der Waals surface area contributed by atoms with Gasteiger partial charge >= 0.3 is 12.2 Å². The quantitative estimate of drug-likeness (QED) is 0.143. The molecule has 0 aliphatic carbocycles. The smallest absolute Gasteiger partial charge is 0.419 e. The van der Waals surface area contributed by atoms with Crippen LogP contribution in [0.3, 0.4) is 0 Å². The number of rotatable bonds is 11. The molecule has 0 aliphatic heterocycles. The third-order valence-electron chi connectivity index (χ3n) is 7.18. The largest absolute Gasteiger partial charge is 0.504 e. The summed E-state index contributed by atoms with van der Waals surface area (Å²) in [6, 6.07) is 8.81. The molecule has 0 saturated heterocycles. The molecule has 4 aromatic rings. The van der Waals surface area contributed by atoms with E-state index < -0.39 is 58.6 Å². The fourth-order valence-corrected chi connectivity index (χ4v) is 5.04. The Bertz CT molecular complexity index is 1920. The first kappa shape index (κ1) is 37.1. The third-order valence-corrected chi connectivity index (χ3v) is 7.18. The Morgan fingerprint density at radius 3 is 2.16 bits per heavy atom. The van der Waals surface area contributed by atoms with Crippen molar-refractivity contribution in [3.63, 3.8) is 0 Å². The van der Waals surface area contributed by atoms with Crippen LogP contribution in [-0.2, 0) is 20.7 Å². The van der Waals surface area contributed by atoms with Crippen LogP contribution in [-0.4, -0.2) is 79.9 Å². The number of aromatic hydroxyl groups is 1. The number of unbranched alkanes of at least 4 members (excludes halogenated alkanes) is 1. The number of alkyl carbamates (subject to hydrolysis) is 1. The predicted molar refractivity (Wildman–Crippen MR) is 185 cm³/mol. The molecule has 15 heteroatoms. The Balaban J connectivity index is 1.52. The highest BCUT2D eigenvalue weighted by Gasteiger charge is 2.28. The highest BCUT2D eigenvalue weighted by atomic mass is 16.6. The average molecular weight is 690 g/mol. The topological polar surface area (TPSA) is 217 Å². The van der Waals surface area contributed by atoms with E-state index in [1.165, 1.54) is 29.1 Å². The number of nitrogens with one attached hydrogen (secondary N) is 3. The lowest BCUT2D eigenvalue weighted by Crippen LogP contribution is -2.46. The maximum absolute atomic E-state index is 13.7. The lowest BCUT2D eigenvalue weighted by atomic mass is 10.0. The van der Waals surface area contributed by atoms with Gasteiger partial charge < -0.3 is 36.3 Å². The van der Waals surface area contributed by atoms with Gasteiger partial charge in [-0.1, -0.05) is 18.2 Å². The third kappa shape index (κ3) is 9.45. The molecule has 1 atom stereocenters. The summed E-state index contributed by atoms with van der Waals surface area (Å²) in [4.78, 5) is 72.6. The first-order valence-electron chi connectivity index (χ1n) is 16.1. The monoisotopic (exact) mass is 689 g/mol. The Labute approximate surface area is 288 Å². The van der Waals surface area contributed by atoms with Gasteiger partial charge in [0.25, 0.3) is 11.8 Å². The average Bonchev–Trinajstić information content (AvgIpc) is 3.39. The Kier molecular flexibility index (Phi) is 11.3. The zero-order chi connectivity index (χ0) is 36.8. The van der Waals surface area contributed by atoms with Crippen LogP contribution in [0.25, 0.3) is 21.8 Å². The molecule has 0 fully saturated rings. The van der Waals surface area contributed by atoms with E-state index in [2.05, 4.69) is 25.9 Å². The highest BCUT2D eigenvalue weighted by molar-refractivity contribution is 6.10. The number of pyridine rings is 2. The van der Waals surface area contributed by atoms with Crippen molar-refractivity contribution in [2.75, 3.05) is 13.1 Å². The fraction of sp³-hybridized carbons (Fsp3) is 0.400. The number of amides is 4. The molecule has 1 aromatic carbocycles. The molecule has 0 unspecified atom stereocenters. The molecular weight excluding hydrogens is 646 g/mol. The van der Waals surface area contributed by atoms with Crippen molar-refractivity contribution in [1.82, 2.24) is 30.5 Å². The summed E-state index contributed by atoms with van der Waals surface area (Å²) in [6.45, 7) is 11.0. The van der Waals surface area contributed by atoms with Crippen LogP contribution in [0, 0.1) is 0 Å². The summed E-state index contributed by atoms with van der Waals surface area (Å²) < 4.78 is 12.1. The molecule has 266 valence electrons.